The van der Waals surface area contributed by atoms with Crippen molar-refractivity contribution in [1.29, 1.82) is 0 Å². The van der Waals surface area contributed by atoms with Crippen LogP contribution in [0.1, 0.15) is 0 Å². The Balaban J connectivity index is 1.20. The lowest BCUT2D eigenvalue weighted by Gasteiger charge is -2.28. The summed E-state index contributed by atoms with van der Waals surface area (Å²) in [7, 11) is 0. The van der Waals surface area contributed by atoms with Crippen LogP contribution in [0.15, 0.2) is 197 Å². The third-order valence-corrected chi connectivity index (χ3v) is 10.7. The van der Waals surface area contributed by atoms with Gasteiger partial charge in [-0.25, -0.2) is 0 Å². The summed E-state index contributed by atoms with van der Waals surface area (Å²) >= 11 is 0. The molecule has 0 aliphatic carbocycles. The number of benzene rings is 9. The SMILES string of the molecule is c1ccc2cc(-c3ccc(N(c4ccc5c(c4)oc4ccccc45)c4c(-c5cccc6ccccc56)ccc5c4oc4ccccc45)cc3)ccc2c1. The molecular weight excluding hydrogens is 647 g/mol. The van der Waals surface area contributed by atoms with E-state index in [0.29, 0.717) is 0 Å². The summed E-state index contributed by atoms with van der Waals surface area (Å²) in [5, 5.41) is 9.20. The molecule has 0 N–H and O–H groups in total. The van der Waals surface area contributed by atoms with Crippen LogP contribution in [0.5, 0.6) is 0 Å². The number of rotatable bonds is 5. The van der Waals surface area contributed by atoms with E-state index >= 15 is 0 Å². The van der Waals surface area contributed by atoms with Crippen LogP contribution in [0.3, 0.4) is 0 Å². The predicted molar refractivity (Wildman–Crippen MR) is 222 cm³/mol. The fourth-order valence-electron chi connectivity index (χ4n) is 8.11. The molecule has 0 spiro atoms. The summed E-state index contributed by atoms with van der Waals surface area (Å²) in [6.07, 6.45) is 0. The van der Waals surface area contributed by atoms with Gasteiger partial charge in [0.05, 0.1) is 11.4 Å². The molecule has 11 rings (SSSR count). The predicted octanol–water partition coefficient (Wildman–Crippen LogP) is 14.6. The van der Waals surface area contributed by atoms with E-state index in [9.17, 15) is 0 Å². The molecular formula is C50H31NO2. The molecule has 0 saturated heterocycles. The van der Waals surface area contributed by atoms with Crippen LogP contribution in [0, 0.1) is 0 Å². The third kappa shape index (κ3) is 4.75. The van der Waals surface area contributed by atoms with Crippen molar-refractivity contribution in [3.63, 3.8) is 0 Å². The summed E-state index contributed by atoms with van der Waals surface area (Å²) in [6.45, 7) is 0. The molecule has 0 aliphatic rings. The van der Waals surface area contributed by atoms with Crippen LogP contribution < -0.4 is 4.90 Å². The van der Waals surface area contributed by atoms with Crippen molar-refractivity contribution in [3.05, 3.63) is 188 Å². The Morgan fingerprint density at radius 3 is 1.75 bits per heavy atom. The van der Waals surface area contributed by atoms with E-state index in [1.165, 1.54) is 27.1 Å². The molecule has 248 valence electrons. The zero-order valence-corrected chi connectivity index (χ0v) is 28.7. The molecule has 2 heterocycles. The van der Waals surface area contributed by atoms with Gasteiger partial charge in [-0.2, -0.15) is 0 Å². The second-order valence-electron chi connectivity index (χ2n) is 13.7. The van der Waals surface area contributed by atoms with E-state index in [2.05, 4.69) is 175 Å². The topological polar surface area (TPSA) is 29.5 Å². The van der Waals surface area contributed by atoms with Gasteiger partial charge in [0.2, 0.25) is 0 Å². The fraction of sp³-hybridized carbons (Fsp3) is 0. The minimum Gasteiger partial charge on any atom is -0.456 e. The molecule has 0 aliphatic heterocycles. The Hall–Kier alpha value is -7.10. The summed E-state index contributed by atoms with van der Waals surface area (Å²) in [4.78, 5) is 2.35. The lowest BCUT2D eigenvalue weighted by molar-refractivity contribution is 0.667. The molecule has 11 aromatic rings. The van der Waals surface area contributed by atoms with Gasteiger partial charge in [0.15, 0.2) is 5.58 Å². The first-order valence-corrected chi connectivity index (χ1v) is 18.0. The van der Waals surface area contributed by atoms with Crippen molar-refractivity contribution in [3.8, 4) is 22.3 Å². The number of furan rings is 2. The maximum atomic E-state index is 6.89. The minimum atomic E-state index is 0.833. The highest BCUT2D eigenvalue weighted by Gasteiger charge is 2.25. The molecule has 3 nitrogen and oxygen atoms in total. The number of anilines is 3. The second-order valence-corrected chi connectivity index (χ2v) is 13.7. The van der Waals surface area contributed by atoms with Gasteiger partial charge in [-0.05, 0) is 86.8 Å². The summed E-state index contributed by atoms with van der Waals surface area (Å²) in [5.74, 6) is 0. The largest absolute Gasteiger partial charge is 0.456 e. The van der Waals surface area contributed by atoms with Crippen LogP contribution in [0.2, 0.25) is 0 Å². The average Bonchev–Trinajstić information content (AvgIpc) is 3.79. The number of hydrogen-bond donors (Lipinski definition) is 0. The summed E-state index contributed by atoms with van der Waals surface area (Å²) < 4.78 is 13.4. The molecule has 3 heteroatoms. The highest BCUT2D eigenvalue weighted by Crippen LogP contribution is 2.49. The van der Waals surface area contributed by atoms with E-state index < -0.39 is 0 Å². The fourth-order valence-corrected chi connectivity index (χ4v) is 8.11. The quantitative estimate of drug-likeness (QED) is 0.182. The highest BCUT2D eigenvalue weighted by molar-refractivity contribution is 6.16. The van der Waals surface area contributed by atoms with Crippen LogP contribution in [-0.2, 0) is 0 Å². The zero-order chi connectivity index (χ0) is 34.9. The van der Waals surface area contributed by atoms with Crippen molar-refractivity contribution in [2.75, 3.05) is 4.90 Å². The first-order chi connectivity index (χ1) is 26.3. The first kappa shape index (κ1) is 29.6. The molecule has 2 aromatic heterocycles. The molecule has 0 fully saturated rings. The van der Waals surface area contributed by atoms with Crippen molar-refractivity contribution >= 4 is 82.5 Å². The molecule has 0 atom stereocenters. The molecule has 0 unspecified atom stereocenters. The monoisotopic (exact) mass is 677 g/mol. The van der Waals surface area contributed by atoms with Gasteiger partial charge in [0, 0.05) is 38.9 Å². The number of hydrogen-bond acceptors (Lipinski definition) is 3. The Morgan fingerprint density at radius 1 is 0.321 bits per heavy atom. The molecule has 9 aromatic carbocycles. The Kier molecular flexibility index (Phi) is 6.55. The number of nitrogens with zero attached hydrogens (tertiary/aromatic N) is 1. The van der Waals surface area contributed by atoms with E-state index in [1.54, 1.807) is 0 Å². The van der Waals surface area contributed by atoms with E-state index in [1.807, 2.05) is 18.2 Å². The van der Waals surface area contributed by atoms with Gasteiger partial charge >= 0.3 is 0 Å². The zero-order valence-electron chi connectivity index (χ0n) is 28.7. The van der Waals surface area contributed by atoms with Gasteiger partial charge in [0.25, 0.3) is 0 Å². The normalized spacial score (nSPS) is 11.8. The summed E-state index contributed by atoms with van der Waals surface area (Å²) in [5.41, 5.74) is 10.9. The van der Waals surface area contributed by atoms with Crippen LogP contribution in [0.25, 0.3) is 87.7 Å². The van der Waals surface area contributed by atoms with Crippen LogP contribution >= 0.6 is 0 Å². The Bertz CT molecular complexity index is 3180. The van der Waals surface area contributed by atoms with Crippen molar-refractivity contribution in [2.45, 2.75) is 0 Å². The smallest absolute Gasteiger partial charge is 0.160 e. The second kappa shape index (κ2) is 11.7. The lowest BCUT2D eigenvalue weighted by atomic mass is 9.94. The average molecular weight is 678 g/mol. The maximum absolute atomic E-state index is 6.89. The van der Waals surface area contributed by atoms with Gasteiger partial charge in [-0.1, -0.05) is 133 Å². The van der Waals surface area contributed by atoms with Crippen molar-refractivity contribution in [1.82, 2.24) is 0 Å². The molecule has 0 amide bonds. The first-order valence-electron chi connectivity index (χ1n) is 18.0. The van der Waals surface area contributed by atoms with Crippen molar-refractivity contribution < 1.29 is 8.83 Å². The van der Waals surface area contributed by atoms with Gasteiger partial charge in [-0.15, -0.1) is 0 Å². The van der Waals surface area contributed by atoms with Gasteiger partial charge in [-0.3, -0.25) is 0 Å². The minimum absolute atomic E-state index is 0.833. The van der Waals surface area contributed by atoms with Gasteiger partial charge < -0.3 is 13.7 Å². The van der Waals surface area contributed by atoms with Crippen LogP contribution in [0.4, 0.5) is 17.1 Å². The summed E-state index contributed by atoms with van der Waals surface area (Å²) in [6, 6.07) is 66.8. The third-order valence-electron chi connectivity index (χ3n) is 10.7. The molecule has 0 bridgehead atoms. The Labute approximate surface area is 305 Å². The number of fused-ring (bicyclic) bond motifs is 8. The standard InChI is InChI=1S/C50H31NO2/c1-2-12-35-30-36(21-20-32(35)10-1)33-22-24-37(25-23-33)51(38-26-27-43-41-15-5-7-18-46(41)52-48(43)31-38)49-44(40-17-9-13-34-11-3-4-14-39(34)40)28-29-45-42-16-6-8-19-47(42)53-50(45)49/h1-31H. The lowest BCUT2D eigenvalue weighted by Crippen LogP contribution is -2.11. The van der Waals surface area contributed by atoms with E-state index in [0.717, 1.165) is 77.6 Å². The Morgan fingerprint density at radius 2 is 0.925 bits per heavy atom. The van der Waals surface area contributed by atoms with E-state index in [4.69, 9.17) is 8.83 Å². The maximum Gasteiger partial charge on any atom is 0.160 e. The molecule has 0 saturated carbocycles. The molecule has 53 heavy (non-hydrogen) atoms. The molecule has 0 radical (unpaired) electrons. The number of para-hydroxylation sites is 2. The van der Waals surface area contributed by atoms with Crippen molar-refractivity contribution in [2.24, 2.45) is 0 Å². The van der Waals surface area contributed by atoms with Crippen LogP contribution in [-0.4, -0.2) is 0 Å². The van der Waals surface area contributed by atoms with Gasteiger partial charge in [0.1, 0.15) is 16.7 Å². The van der Waals surface area contributed by atoms with E-state index in [-0.39, 0.29) is 0 Å². The highest BCUT2D eigenvalue weighted by atomic mass is 16.3.